The molecule has 116 valence electrons. The molecule has 1 saturated carbocycles. The van der Waals surface area contributed by atoms with Gasteiger partial charge < -0.3 is 10.5 Å². The normalized spacial score (nSPS) is 28.2. The van der Waals surface area contributed by atoms with Crippen molar-refractivity contribution >= 4 is 31.7 Å². The van der Waals surface area contributed by atoms with Crippen LogP contribution in [0.3, 0.4) is 0 Å². The Morgan fingerprint density at radius 1 is 1.38 bits per heavy atom. The molecule has 0 radical (unpaired) electrons. The minimum Gasteiger partial charge on any atom is -0.465 e. The number of esters is 1. The van der Waals surface area contributed by atoms with Crippen LogP contribution < -0.4 is 5.73 Å². The Balaban J connectivity index is 2.47. The number of ether oxygens (including phenoxy) is 1. The summed E-state index contributed by atoms with van der Waals surface area (Å²) in [7, 11) is -3.41. The molecule has 1 aromatic carbocycles. The van der Waals surface area contributed by atoms with Gasteiger partial charge in [0.1, 0.15) is 5.41 Å². The summed E-state index contributed by atoms with van der Waals surface area (Å²) in [6.45, 7) is 1.84. The van der Waals surface area contributed by atoms with E-state index in [-0.39, 0.29) is 13.2 Å². The van der Waals surface area contributed by atoms with Gasteiger partial charge in [-0.25, -0.2) is 8.42 Å². The van der Waals surface area contributed by atoms with E-state index in [0.717, 1.165) is 16.3 Å². The van der Waals surface area contributed by atoms with Crippen LogP contribution in [0, 0.1) is 5.41 Å². The Bertz CT molecular complexity index is 643. The summed E-state index contributed by atoms with van der Waals surface area (Å²) >= 11 is 3.33. The number of hydrogen-bond donors (Lipinski definition) is 1. The van der Waals surface area contributed by atoms with Crippen molar-refractivity contribution in [1.29, 1.82) is 0 Å². The van der Waals surface area contributed by atoms with E-state index in [1.54, 1.807) is 6.92 Å². The molecule has 0 amide bonds. The van der Waals surface area contributed by atoms with Gasteiger partial charge in [-0.2, -0.15) is 0 Å². The maximum absolute atomic E-state index is 12.3. The summed E-state index contributed by atoms with van der Waals surface area (Å²) in [6.07, 6.45) is 1.14. The molecule has 2 rings (SSSR count). The van der Waals surface area contributed by atoms with Gasteiger partial charge in [0.05, 0.1) is 11.9 Å². The van der Waals surface area contributed by atoms with Gasteiger partial charge in [-0.15, -0.1) is 0 Å². The lowest BCUT2D eigenvalue weighted by Gasteiger charge is -2.14. The molecule has 5 nitrogen and oxygen atoms in total. The van der Waals surface area contributed by atoms with Gasteiger partial charge in [-0.05, 0) is 24.6 Å². The first kappa shape index (κ1) is 16.5. The van der Waals surface area contributed by atoms with Gasteiger partial charge in [0.15, 0.2) is 9.84 Å². The fraction of sp³-hybridized carbons (Fsp3) is 0.500. The molecule has 0 aliphatic heterocycles. The molecule has 21 heavy (non-hydrogen) atoms. The molecule has 7 heteroatoms. The number of benzene rings is 1. The lowest BCUT2D eigenvalue weighted by molar-refractivity contribution is -0.149. The van der Waals surface area contributed by atoms with E-state index in [2.05, 4.69) is 15.9 Å². The Morgan fingerprint density at radius 2 is 1.95 bits per heavy atom. The van der Waals surface area contributed by atoms with Crippen molar-refractivity contribution in [3.8, 4) is 0 Å². The second kappa shape index (κ2) is 5.70. The third kappa shape index (κ3) is 2.74. The molecule has 1 aliphatic carbocycles. The summed E-state index contributed by atoms with van der Waals surface area (Å²) in [5.74, 6) is -0.986. The third-order valence-corrected chi connectivity index (χ3v) is 6.08. The summed E-state index contributed by atoms with van der Waals surface area (Å²) < 4.78 is 30.1. The van der Waals surface area contributed by atoms with E-state index in [1.807, 2.05) is 24.3 Å². The summed E-state index contributed by atoms with van der Waals surface area (Å²) in [4.78, 5) is 12.3. The number of halogens is 1. The standard InChI is InChI=1S/C14H18BrNO4S/c1-3-20-13(17)14(8-16)11(12(14)21(2,18)19)9-4-6-10(15)7-5-9/h4-7,11-12H,3,8,16H2,1-2H3/t11-,12+,14+/m0/s1. The molecule has 3 atom stereocenters. The first-order valence-corrected chi connectivity index (χ1v) is 9.35. The van der Waals surface area contributed by atoms with Crippen molar-refractivity contribution in [2.45, 2.75) is 18.1 Å². The fourth-order valence-corrected chi connectivity index (χ4v) is 5.19. The van der Waals surface area contributed by atoms with Crippen LogP contribution >= 0.6 is 15.9 Å². The highest BCUT2D eigenvalue weighted by Gasteiger charge is 2.74. The molecule has 0 bridgehead atoms. The average Bonchev–Trinajstić information content (AvgIpc) is 3.10. The van der Waals surface area contributed by atoms with Crippen LogP contribution in [0.5, 0.6) is 0 Å². The molecule has 2 N–H and O–H groups in total. The van der Waals surface area contributed by atoms with Crippen molar-refractivity contribution < 1.29 is 17.9 Å². The minimum absolute atomic E-state index is 0.0513. The van der Waals surface area contributed by atoms with E-state index >= 15 is 0 Å². The number of sulfone groups is 1. The largest absolute Gasteiger partial charge is 0.465 e. The second-order valence-electron chi connectivity index (χ2n) is 5.24. The van der Waals surface area contributed by atoms with Crippen molar-refractivity contribution in [1.82, 2.24) is 0 Å². The monoisotopic (exact) mass is 375 g/mol. The van der Waals surface area contributed by atoms with Crippen LogP contribution in [0.25, 0.3) is 0 Å². The molecule has 0 heterocycles. The Morgan fingerprint density at radius 3 is 2.38 bits per heavy atom. The average molecular weight is 376 g/mol. The topological polar surface area (TPSA) is 86.5 Å². The lowest BCUT2D eigenvalue weighted by atomic mass is 9.99. The number of carbonyl (C=O) groups is 1. The molecule has 0 saturated heterocycles. The first-order valence-electron chi connectivity index (χ1n) is 6.60. The van der Waals surface area contributed by atoms with Gasteiger partial charge in [-0.1, -0.05) is 28.1 Å². The van der Waals surface area contributed by atoms with Crippen molar-refractivity contribution in [2.24, 2.45) is 11.1 Å². The zero-order chi connectivity index (χ0) is 15.8. The van der Waals surface area contributed by atoms with Crippen LogP contribution in [0.15, 0.2) is 28.7 Å². The molecule has 0 unspecified atom stereocenters. The molecule has 0 aromatic heterocycles. The Labute approximate surface area is 132 Å². The Kier molecular flexibility index (Phi) is 4.46. The number of carbonyl (C=O) groups excluding carboxylic acids is 1. The van der Waals surface area contributed by atoms with E-state index < -0.39 is 32.4 Å². The SMILES string of the molecule is CCOC(=O)[C@@]1(CN)[C@H](S(C)(=O)=O)[C@@H]1c1ccc(Br)cc1. The van der Waals surface area contributed by atoms with Crippen molar-refractivity contribution in [3.63, 3.8) is 0 Å². The zero-order valence-electron chi connectivity index (χ0n) is 11.9. The second-order valence-corrected chi connectivity index (χ2v) is 8.33. The van der Waals surface area contributed by atoms with Gasteiger partial charge in [-0.3, -0.25) is 4.79 Å². The van der Waals surface area contributed by atoms with Gasteiger partial charge in [0.2, 0.25) is 0 Å². The zero-order valence-corrected chi connectivity index (χ0v) is 14.3. The molecular weight excluding hydrogens is 358 g/mol. The summed E-state index contributed by atoms with van der Waals surface area (Å²) in [5, 5.41) is -0.824. The van der Waals surface area contributed by atoms with Crippen LogP contribution in [-0.4, -0.2) is 39.0 Å². The van der Waals surface area contributed by atoms with E-state index in [1.165, 1.54) is 0 Å². The Hall–Kier alpha value is -0.920. The van der Waals surface area contributed by atoms with Crippen molar-refractivity contribution in [3.05, 3.63) is 34.3 Å². The lowest BCUT2D eigenvalue weighted by Crippen LogP contribution is -2.33. The van der Waals surface area contributed by atoms with Gasteiger partial charge >= 0.3 is 5.97 Å². The summed E-state index contributed by atoms with van der Waals surface area (Å²) in [6, 6.07) is 7.26. The molecule has 1 fully saturated rings. The summed E-state index contributed by atoms with van der Waals surface area (Å²) in [5.41, 5.74) is 5.39. The highest BCUT2D eigenvalue weighted by molar-refractivity contribution is 9.10. The maximum Gasteiger partial charge on any atom is 0.315 e. The van der Waals surface area contributed by atoms with E-state index in [9.17, 15) is 13.2 Å². The fourth-order valence-electron chi connectivity index (χ4n) is 3.01. The molecule has 0 spiro atoms. The highest BCUT2D eigenvalue weighted by Crippen LogP contribution is 2.62. The maximum atomic E-state index is 12.3. The number of rotatable bonds is 5. The predicted octanol–water partition coefficient (Wildman–Crippen LogP) is 1.47. The van der Waals surface area contributed by atoms with Crippen LogP contribution in [0.1, 0.15) is 18.4 Å². The predicted molar refractivity (Wildman–Crippen MR) is 83.6 cm³/mol. The van der Waals surface area contributed by atoms with Crippen LogP contribution in [0.4, 0.5) is 0 Å². The quantitative estimate of drug-likeness (QED) is 0.787. The number of nitrogens with two attached hydrogens (primary N) is 1. The van der Waals surface area contributed by atoms with Gasteiger partial charge in [0.25, 0.3) is 0 Å². The van der Waals surface area contributed by atoms with Gasteiger partial charge in [0, 0.05) is 23.2 Å². The molecule has 1 aliphatic rings. The van der Waals surface area contributed by atoms with Crippen LogP contribution in [0.2, 0.25) is 0 Å². The molecule has 1 aromatic rings. The number of hydrogen-bond acceptors (Lipinski definition) is 5. The minimum atomic E-state index is -3.41. The van der Waals surface area contributed by atoms with E-state index in [0.29, 0.717) is 0 Å². The van der Waals surface area contributed by atoms with Crippen LogP contribution in [-0.2, 0) is 19.4 Å². The first-order chi connectivity index (χ1) is 9.79. The smallest absolute Gasteiger partial charge is 0.315 e. The van der Waals surface area contributed by atoms with E-state index in [4.69, 9.17) is 10.5 Å². The highest BCUT2D eigenvalue weighted by atomic mass is 79.9. The third-order valence-electron chi connectivity index (χ3n) is 3.94. The molecular formula is C14H18BrNO4S. The van der Waals surface area contributed by atoms with Crippen molar-refractivity contribution in [2.75, 3.05) is 19.4 Å².